The first-order valence-corrected chi connectivity index (χ1v) is 7.66. The van der Waals surface area contributed by atoms with Crippen molar-refractivity contribution >= 4 is 17.5 Å². The fourth-order valence-electron chi connectivity index (χ4n) is 2.41. The van der Waals surface area contributed by atoms with Gasteiger partial charge in [0.1, 0.15) is 5.69 Å². The van der Waals surface area contributed by atoms with Crippen LogP contribution in [-0.2, 0) is 0 Å². The van der Waals surface area contributed by atoms with E-state index in [0.717, 1.165) is 5.56 Å². The lowest BCUT2D eigenvalue weighted by Gasteiger charge is -1.99. The third-order valence-corrected chi connectivity index (χ3v) is 3.67. The van der Waals surface area contributed by atoms with Gasteiger partial charge in [0.15, 0.2) is 5.78 Å². The van der Waals surface area contributed by atoms with Crippen LogP contribution in [0.5, 0.6) is 5.95 Å². The fourth-order valence-corrected chi connectivity index (χ4v) is 2.41. The minimum absolute atomic E-state index is 0.142. The molecule has 1 heterocycles. The Balaban J connectivity index is 1.93. The maximum atomic E-state index is 12.4. The van der Waals surface area contributed by atoms with Crippen molar-refractivity contribution in [2.45, 2.75) is 0 Å². The number of carbonyl (C=O) groups excluding carboxylic acids is 1. The average Bonchev–Trinajstić information content (AvgIpc) is 3.09. The van der Waals surface area contributed by atoms with E-state index in [4.69, 9.17) is 9.26 Å². The maximum absolute atomic E-state index is 12.4. The number of methoxy groups -OCH3 is 1. The molecule has 2 aromatic carbocycles. The van der Waals surface area contributed by atoms with E-state index in [0.29, 0.717) is 11.3 Å². The summed E-state index contributed by atoms with van der Waals surface area (Å²) >= 11 is 0. The first-order chi connectivity index (χ1) is 12.6. The first kappa shape index (κ1) is 17.1. The SMILES string of the molecule is COc1onc(-c2ccccc2)c1C=CC(=O)c1cccc([N+](=O)[O-])c1. The normalized spacial score (nSPS) is 10.8. The molecule has 7 nitrogen and oxygen atoms in total. The van der Waals surface area contributed by atoms with Crippen molar-refractivity contribution in [3.8, 4) is 17.2 Å². The number of hydrogen-bond donors (Lipinski definition) is 0. The molecule has 7 heteroatoms. The monoisotopic (exact) mass is 350 g/mol. The molecule has 26 heavy (non-hydrogen) atoms. The molecule has 1 aromatic heterocycles. The largest absolute Gasteiger partial charge is 0.467 e. The molecule has 3 aromatic rings. The van der Waals surface area contributed by atoms with E-state index in [1.165, 1.54) is 43.5 Å². The molecular formula is C19H14N2O5. The molecule has 0 N–H and O–H groups in total. The number of aromatic nitrogens is 1. The zero-order valence-corrected chi connectivity index (χ0v) is 13.8. The lowest BCUT2D eigenvalue weighted by atomic mass is 10.1. The highest BCUT2D eigenvalue weighted by Crippen LogP contribution is 2.31. The zero-order valence-electron chi connectivity index (χ0n) is 13.8. The Morgan fingerprint density at radius 3 is 2.65 bits per heavy atom. The second kappa shape index (κ2) is 7.43. The summed E-state index contributed by atoms with van der Waals surface area (Å²) in [5, 5.41) is 14.8. The summed E-state index contributed by atoms with van der Waals surface area (Å²) in [6, 6.07) is 14.9. The summed E-state index contributed by atoms with van der Waals surface area (Å²) in [6.45, 7) is 0. The van der Waals surface area contributed by atoms with Gasteiger partial charge in [0.05, 0.1) is 17.6 Å². The highest BCUT2D eigenvalue weighted by atomic mass is 16.6. The third kappa shape index (κ3) is 3.51. The van der Waals surface area contributed by atoms with Gasteiger partial charge < -0.3 is 9.26 Å². The molecule has 0 amide bonds. The Morgan fingerprint density at radius 1 is 1.19 bits per heavy atom. The standard InChI is InChI=1S/C19H14N2O5/c1-25-19-16(18(20-26-19)13-6-3-2-4-7-13)10-11-17(22)14-8-5-9-15(12-14)21(23)24/h2-12H,1H3. The van der Waals surface area contributed by atoms with E-state index < -0.39 is 4.92 Å². The molecule has 0 saturated heterocycles. The van der Waals surface area contributed by atoms with Crippen LogP contribution in [0.15, 0.2) is 65.2 Å². The number of rotatable bonds is 6. The van der Waals surface area contributed by atoms with Gasteiger partial charge >= 0.3 is 5.95 Å². The van der Waals surface area contributed by atoms with Crippen molar-refractivity contribution in [1.82, 2.24) is 5.16 Å². The second-order valence-corrected chi connectivity index (χ2v) is 5.31. The van der Waals surface area contributed by atoms with Gasteiger partial charge in [0, 0.05) is 23.3 Å². The number of non-ortho nitro benzene ring substituents is 1. The molecule has 3 rings (SSSR count). The lowest BCUT2D eigenvalue weighted by molar-refractivity contribution is -0.384. The van der Waals surface area contributed by atoms with Gasteiger partial charge in [-0.2, -0.15) is 0 Å². The van der Waals surface area contributed by atoms with E-state index >= 15 is 0 Å². The van der Waals surface area contributed by atoms with Crippen molar-refractivity contribution in [3.63, 3.8) is 0 Å². The molecular weight excluding hydrogens is 336 g/mol. The number of benzene rings is 2. The molecule has 0 fully saturated rings. The minimum Gasteiger partial charge on any atom is -0.467 e. The average molecular weight is 350 g/mol. The van der Waals surface area contributed by atoms with Crippen LogP contribution in [0, 0.1) is 10.1 Å². The van der Waals surface area contributed by atoms with Crippen LogP contribution >= 0.6 is 0 Å². The Labute approximate surface area is 148 Å². The Morgan fingerprint density at radius 2 is 1.96 bits per heavy atom. The minimum atomic E-state index is -0.545. The number of nitrogens with zero attached hydrogens (tertiary/aromatic N) is 2. The van der Waals surface area contributed by atoms with Gasteiger partial charge in [0.25, 0.3) is 5.69 Å². The van der Waals surface area contributed by atoms with Crippen molar-refractivity contribution in [3.05, 3.63) is 81.9 Å². The Hall–Kier alpha value is -3.74. The number of ketones is 1. The Bertz CT molecular complexity index is 977. The number of ether oxygens (including phenoxy) is 1. The van der Waals surface area contributed by atoms with Gasteiger partial charge in [-0.05, 0) is 12.2 Å². The smallest absolute Gasteiger partial charge is 0.318 e. The highest BCUT2D eigenvalue weighted by molar-refractivity contribution is 6.07. The second-order valence-electron chi connectivity index (χ2n) is 5.31. The number of nitro groups is 1. The summed E-state index contributed by atoms with van der Waals surface area (Å²) in [7, 11) is 1.44. The predicted molar refractivity (Wildman–Crippen MR) is 95.0 cm³/mol. The number of carbonyl (C=O) groups is 1. The lowest BCUT2D eigenvalue weighted by Crippen LogP contribution is -1.96. The Kier molecular flexibility index (Phi) is 4.89. The molecule has 0 bridgehead atoms. The summed E-state index contributed by atoms with van der Waals surface area (Å²) in [5.74, 6) is -0.206. The van der Waals surface area contributed by atoms with Crippen LogP contribution in [0.1, 0.15) is 15.9 Å². The summed E-state index contributed by atoms with van der Waals surface area (Å²) in [5.41, 5.74) is 1.92. The van der Waals surface area contributed by atoms with Crippen LogP contribution in [0.4, 0.5) is 5.69 Å². The zero-order chi connectivity index (χ0) is 18.5. The molecule has 0 aliphatic rings. The maximum Gasteiger partial charge on any atom is 0.318 e. The van der Waals surface area contributed by atoms with Crippen LogP contribution in [0.3, 0.4) is 0 Å². The van der Waals surface area contributed by atoms with E-state index in [2.05, 4.69) is 5.16 Å². The molecule has 0 saturated carbocycles. The van der Waals surface area contributed by atoms with Gasteiger partial charge in [-0.1, -0.05) is 47.6 Å². The molecule has 0 aliphatic heterocycles. The molecule has 0 spiro atoms. The van der Waals surface area contributed by atoms with Crippen LogP contribution in [0.2, 0.25) is 0 Å². The van der Waals surface area contributed by atoms with Gasteiger partial charge in [0.2, 0.25) is 0 Å². The topological polar surface area (TPSA) is 95.5 Å². The van der Waals surface area contributed by atoms with Crippen molar-refractivity contribution in [2.24, 2.45) is 0 Å². The quantitative estimate of drug-likeness (QED) is 0.287. The molecule has 130 valence electrons. The summed E-state index contributed by atoms with van der Waals surface area (Å²) in [4.78, 5) is 22.7. The van der Waals surface area contributed by atoms with Crippen LogP contribution < -0.4 is 4.74 Å². The molecule has 0 radical (unpaired) electrons. The number of hydrogen-bond acceptors (Lipinski definition) is 6. The molecule has 0 aliphatic carbocycles. The number of nitro benzene ring substituents is 1. The predicted octanol–water partition coefficient (Wildman–Crippen LogP) is 4.15. The van der Waals surface area contributed by atoms with Crippen LogP contribution in [0.25, 0.3) is 17.3 Å². The molecule has 0 unspecified atom stereocenters. The van der Waals surface area contributed by atoms with Crippen LogP contribution in [-0.4, -0.2) is 23.0 Å². The van der Waals surface area contributed by atoms with E-state index in [-0.39, 0.29) is 23.0 Å². The van der Waals surface area contributed by atoms with Gasteiger partial charge in [-0.25, -0.2) is 0 Å². The highest BCUT2D eigenvalue weighted by Gasteiger charge is 2.16. The van der Waals surface area contributed by atoms with E-state index in [1.54, 1.807) is 0 Å². The first-order valence-electron chi connectivity index (χ1n) is 7.66. The van der Waals surface area contributed by atoms with E-state index in [1.807, 2.05) is 30.3 Å². The summed E-state index contributed by atoms with van der Waals surface area (Å²) in [6.07, 6.45) is 2.83. The van der Waals surface area contributed by atoms with Gasteiger partial charge in [-0.3, -0.25) is 14.9 Å². The van der Waals surface area contributed by atoms with E-state index in [9.17, 15) is 14.9 Å². The third-order valence-electron chi connectivity index (χ3n) is 3.67. The van der Waals surface area contributed by atoms with Crippen molar-refractivity contribution < 1.29 is 19.0 Å². The number of allylic oxidation sites excluding steroid dienone is 1. The van der Waals surface area contributed by atoms with Gasteiger partial charge in [-0.15, -0.1) is 0 Å². The summed E-state index contributed by atoms with van der Waals surface area (Å²) < 4.78 is 10.3. The van der Waals surface area contributed by atoms with Crippen molar-refractivity contribution in [1.29, 1.82) is 0 Å². The van der Waals surface area contributed by atoms with Crippen molar-refractivity contribution in [2.75, 3.05) is 7.11 Å². The molecule has 0 atom stereocenters. The fraction of sp³-hybridized carbons (Fsp3) is 0.0526.